The number of hydrogen-bond acceptors (Lipinski definition) is 2. The van der Waals surface area contributed by atoms with Crippen molar-refractivity contribution < 1.29 is 0 Å². The lowest BCUT2D eigenvalue weighted by Gasteiger charge is -1.99. The number of rotatable bonds is 0. The second kappa shape index (κ2) is 3.69. The Morgan fingerprint density at radius 1 is 1.42 bits per heavy atom. The van der Waals surface area contributed by atoms with Gasteiger partial charge in [0.1, 0.15) is 5.15 Å². The fourth-order valence-corrected chi connectivity index (χ4v) is 1.47. The van der Waals surface area contributed by atoms with Crippen molar-refractivity contribution >= 4 is 41.3 Å². The van der Waals surface area contributed by atoms with Crippen LogP contribution in [0.4, 0.5) is 5.69 Å². The maximum atomic E-state index is 5.76. The van der Waals surface area contributed by atoms with Crippen molar-refractivity contribution in [3.05, 3.63) is 21.9 Å². The third-order valence-electron chi connectivity index (χ3n) is 1.69. The second-order valence-corrected chi connectivity index (χ2v) is 3.20. The molecule has 1 aliphatic heterocycles. The molecule has 0 aromatic carbocycles. The van der Waals surface area contributed by atoms with Crippen molar-refractivity contribution in [2.75, 3.05) is 11.9 Å². The Balaban J connectivity index is 0.000000720. The van der Waals surface area contributed by atoms with E-state index in [0.717, 1.165) is 24.3 Å². The highest BCUT2D eigenvalue weighted by atomic mass is 35.5. The predicted molar refractivity (Wildman–Crippen MR) is 53.7 cm³/mol. The van der Waals surface area contributed by atoms with E-state index in [0.29, 0.717) is 10.2 Å². The zero-order valence-electron chi connectivity index (χ0n) is 6.10. The Labute approximate surface area is 86.7 Å². The van der Waals surface area contributed by atoms with Crippen LogP contribution < -0.4 is 5.32 Å². The molecule has 1 aliphatic rings. The van der Waals surface area contributed by atoms with Crippen LogP contribution in [0.2, 0.25) is 10.2 Å². The minimum atomic E-state index is 0. The van der Waals surface area contributed by atoms with Crippen LogP contribution in [0.25, 0.3) is 0 Å². The van der Waals surface area contributed by atoms with Gasteiger partial charge in [-0.15, -0.1) is 12.4 Å². The molecule has 2 heterocycles. The van der Waals surface area contributed by atoms with Crippen LogP contribution >= 0.6 is 35.6 Å². The third-order valence-corrected chi connectivity index (χ3v) is 2.36. The normalized spacial score (nSPS) is 13.2. The van der Waals surface area contributed by atoms with E-state index in [1.807, 2.05) is 6.07 Å². The van der Waals surface area contributed by atoms with Crippen LogP contribution in [-0.2, 0) is 6.42 Å². The van der Waals surface area contributed by atoms with Gasteiger partial charge in [0.2, 0.25) is 0 Å². The standard InChI is InChI=1S/C7H6Cl2N2.ClH/c8-4-3-6-5(1-2-10-6)11-7(4)9;/h3,10H,1-2H2;1H. The molecular formula is C7H7Cl3N2. The summed E-state index contributed by atoms with van der Waals surface area (Å²) in [5.74, 6) is 0. The average molecular weight is 226 g/mol. The lowest BCUT2D eigenvalue weighted by molar-refractivity contribution is 1.04. The van der Waals surface area contributed by atoms with Crippen LogP contribution in [0.15, 0.2) is 6.07 Å². The summed E-state index contributed by atoms with van der Waals surface area (Å²) in [7, 11) is 0. The Morgan fingerprint density at radius 2 is 2.17 bits per heavy atom. The Kier molecular flexibility index (Phi) is 3.04. The van der Waals surface area contributed by atoms with Crippen molar-refractivity contribution in [3.63, 3.8) is 0 Å². The highest BCUT2D eigenvalue weighted by molar-refractivity contribution is 6.41. The summed E-state index contributed by atoms with van der Waals surface area (Å²) >= 11 is 11.5. The number of pyridine rings is 1. The van der Waals surface area contributed by atoms with Gasteiger partial charge in [0.05, 0.1) is 16.4 Å². The first kappa shape index (κ1) is 9.90. The van der Waals surface area contributed by atoms with E-state index < -0.39 is 0 Å². The van der Waals surface area contributed by atoms with E-state index >= 15 is 0 Å². The summed E-state index contributed by atoms with van der Waals surface area (Å²) in [6, 6.07) is 1.82. The van der Waals surface area contributed by atoms with Gasteiger partial charge >= 0.3 is 0 Å². The van der Waals surface area contributed by atoms with Gasteiger partial charge in [-0.25, -0.2) is 4.98 Å². The van der Waals surface area contributed by atoms with Crippen molar-refractivity contribution in [1.29, 1.82) is 0 Å². The summed E-state index contributed by atoms with van der Waals surface area (Å²) in [5, 5.41) is 4.07. The molecule has 0 unspecified atom stereocenters. The zero-order valence-corrected chi connectivity index (χ0v) is 8.43. The molecule has 0 amide bonds. The highest BCUT2D eigenvalue weighted by Crippen LogP contribution is 2.28. The summed E-state index contributed by atoms with van der Waals surface area (Å²) in [4.78, 5) is 4.12. The second-order valence-electron chi connectivity index (χ2n) is 2.43. The van der Waals surface area contributed by atoms with Crippen LogP contribution in [0.1, 0.15) is 5.69 Å². The molecule has 66 valence electrons. The monoisotopic (exact) mass is 224 g/mol. The first-order chi connectivity index (χ1) is 5.27. The molecule has 0 spiro atoms. The molecule has 0 atom stereocenters. The van der Waals surface area contributed by atoms with Crippen molar-refractivity contribution in [3.8, 4) is 0 Å². The SMILES string of the molecule is Cl.Clc1cc2c(nc1Cl)CCN2. The van der Waals surface area contributed by atoms with E-state index in [1.54, 1.807) is 0 Å². The minimum absolute atomic E-state index is 0. The van der Waals surface area contributed by atoms with E-state index in [2.05, 4.69) is 10.3 Å². The Bertz CT molecular complexity index is 272. The minimum Gasteiger partial charge on any atom is -0.383 e. The molecule has 0 bridgehead atoms. The molecule has 1 aromatic heterocycles. The van der Waals surface area contributed by atoms with Crippen LogP contribution in [0, 0.1) is 0 Å². The summed E-state index contributed by atoms with van der Waals surface area (Å²) in [6.45, 7) is 0.930. The average Bonchev–Trinajstić information content (AvgIpc) is 2.36. The largest absolute Gasteiger partial charge is 0.383 e. The molecule has 0 saturated heterocycles. The van der Waals surface area contributed by atoms with Gasteiger partial charge in [0.15, 0.2) is 0 Å². The van der Waals surface area contributed by atoms with Gasteiger partial charge in [-0.2, -0.15) is 0 Å². The number of halogens is 3. The molecule has 2 nitrogen and oxygen atoms in total. The van der Waals surface area contributed by atoms with E-state index in [-0.39, 0.29) is 12.4 Å². The molecular weight excluding hydrogens is 218 g/mol. The number of fused-ring (bicyclic) bond motifs is 1. The van der Waals surface area contributed by atoms with Crippen LogP contribution in [-0.4, -0.2) is 11.5 Å². The summed E-state index contributed by atoms with van der Waals surface area (Å²) in [5.41, 5.74) is 2.03. The highest BCUT2D eigenvalue weighted by Gasteiger charge is 2.13. The van der Waals surface area contributed by atoms with Crippen molar-refractivity contribution in [1.82, 2.24) is 4.98 Å². The molecule has 0 aliphatic carbocycles. The van der Waals surface area contributed by atoms with Gasteiger partial charge < -0.3 is 5.32 Å². The Morgan fingerprint density at radius 3 is 2.92 bits per heavy atom. The quantitative estimate of drug-likeness (QED) is 0.687. The molecule has 0 fully saturated rings. The van der Waals surface area contributed by atoms with Gasteiger partial charge in [-0.1, -0.05) is 23.2 Å². The fourth-order valence-electron chi connectivity index (χ4n) is 1.16. The molecule has 5 heteroatoms. The maximum absolute atomic E-state index is 5.76. The summed E-state index contributed by atoms with van der Waals surface area (Å²) in [6.07, 6.45) is 0.937. The fraction of sp³-hybridized carbons (Fsp3) is 0.286. The molecule has 1 N–H and O–H groups in total. The lowest BCUT2D eigenvalue weighted by Crippen LogP contribution is -1.90. The maximum Gasteiger partial charge on any atom is 0.148 e. The molecule has 2 rings (SSSR count). The number of hydrogen-bond donors (Lipinski definition) is 1. The number of aromatic nitrogens is 1. The first-order valence-corrected chi connectivity index (χ1v) is 4.12. The van der Waals surface area contributed by atoms with E-state index in [9.17, 15) is 0 Å². The molecule has 12 heavy (non-hydrogen) atoms. The number of nitrogens with zero attached hydrogens (tertiary/aromatic N) is 1. The van der Waals surface area contributed by atoms with Gasteiger partial charge in [-0.3, -0.25) is 0 Å². The Hall–Kier alpha value is -0.180. The van der Waals surface area contributed by atoms with Gasteiger partial charge in [-0.05, 0) is 6.07 Å². The summed E-state index contributed by atoms with van der Waals surface area (Å²) < 4.78 is 0. The van der Waals surface area contributed by atoms with Gasteiger partial charge in [0.25, 0.3) is 0 Å². The van der Waals surface area contributed by atoms with E-state index in [4.69, 9.17) is 23.2 Å². The smallest absolute Gasteiger partial charge is 0.148 e. The number of nitrogens with one attached hydrogen (secondary N) is 1. The molecule has 0 saturated carbocycles. The van der Waals surface area contributed by atoms with E-state index in [1.165, 1.54) is 0 Å². The van der Waals surface area contributed by atoms with Crippen molar-refractivity contribution in [2.45, 2.75) is 6.42 Å². The third kappa shape index (κ3) is 1.60. The predicted octanol–water partition coefficient (Wildman–Crippen LogP) is 2.78. The van der Waals surface area contributed by atoms with Gasteiger partial charge in [0, 0.05) is 13.0 Å². The molecule has 0 radical (unpaired) electrons. The van der Waals surface area contributed by atoms with Crippen LogP contribution in [0.3, 0.4) is 0 Å². The van der Waals surface area contributed by atoms with Crippen LogP contribution in [0.5, 0.6) is 0 Å². The lowest BCUT2D eigenvalue weighted by atomic mass is 10.3. The molecule has 1 aromatic rings. The first-order valence-electron chi connectivity index (χ1n) is 3.36. The topological polar surface area (TPSA) is 24.9 Å². The van der Waals surface area contributed by atoms with Crippen molar-refractivity contribution in [2.24, 2.45) is 0 Å². The zero-order chi connectivity index (χ0) is 7.84. The number of anilines is 1.